The van der Waals surface area contributed by atoms with E-state index in [1.807, 2.05) is 18.2 Å². The number of carbonyl (C=O) groups is 2. The Labute approximate surface area is 168 Å². The molecule has 1 N–H and O–H groups in total. The Morgan fingerprint density at radius 2 is 1.82 bits per heavy atom. The van der Waals surface area contributed by atoms with Gasteiger partial charge in [-0.3, -0.25) is 14.9 Å². The van der Waals surface area contributed by atoms with Crippen LogP contribution in [-0.2, 0) is 4.79 Å². The Bertz CT molecular complexity index is 878. The van der Waals surface area contributed by atoms with E-state index in [1.54, 1.807) is 6.07 Å². The predicted molar refractivity (Wildman–Crippen MR) is 113 cm³/mol. The number of hydrogen-bond acceptors (Lipinski definition) is 2. The van der Waals surface area contributed by atoms with Crippen molar-refractivity contribution in [2.24, 2.45) is 22.7 Å². The Kier molecular flexibility index (Phi) is 4.60. The van der Waals surface area contributed by atoms with E-state index < -0.39 is 0 Å². The molecule has 148 valence electrons. The van der Waals surface area contributed by atoms with Crippen LogP contribution < -0.4 is 5.32 Å². The molecule has 1 aliphatic heterocycles. The molecule has 1 heterocycles. The lowest BCUT2D eigenvalue weighted by atomic mass is 9.47. The Morgan fingerprint density at radius 3 is 2.57 bits per heavy atom. The summed E-state index contributed by atoms with van der Waals surface area (Å²) in [4.78, 5) is 24.7. The number of fused-ring (bicyclic) bond motifs is 2. The van der Waals surface area contributed by atoms with Gasteiger partial charge < -0.3 is 0 Å². The highest BCUT2D eigenvalue weighted by molar-refractivity contribution is 6.30. The summed E-state index contributed by atoms with van der Waals surface area (Å²) in [5.74, 6) is 0.490. The smallest absolute Gasteiger partial charge is 0.258 e. The molecule has 2 saturated carbocycles. The molecule has 0 aromatic heterocycles. The van der Waals surface area contributed by atoms with Gasteiger partial charge in [0, 0.05) is 11.1 Å². The van der Waals surface area contributed by atoms with Gasteiger partial charge in [-0.15, -0.1) is 0 Å². The van der Waals surface area contributed by atoms with Crippen LogP contribution in [0, 0.1) is 22.7 Å². The van der Waals surface area contributed by atoms with E-state index >= 15 is 0 Å². The van der Waals surface area contributed by atoms with Crippen molar-refractivity contribution in [3.05, 3.63) is 53.6 Å². The number of nitrogens with one attached hydrogen (secondary N) is 1. The summed E-state index contributed by atoms with van der Waals surface area (Å²) in [7, 11) is 0. The number of carbonyl (C=O) groups excluding carboxylic acids is 2. The monoisotopic (exact) mass is 377 g/mol. The van der Waals surface area contributed by atoms with Gasteiger partial charge in [-0.25, -0.2) is 0 Å². The first-order valence-corrected chi connectivity index (χ1v) is 10.6. The predicted octanol–water partition coefficient (Wildman–Crippen LogP) is 5.53. The third-order valence-corrected chi connectivity index (χ3v) is 7.81. The molecule has 2 amide bonds. The second-order valence-corrected chi connectivity index (χ2v) is 9.83. The minimum absolute atomic E-state index is 0.231. The van der Waals surface area contributed by atoms with E-state index in [4.69, 9.17) is 0 Å². The summed E-state index contributed by atoms with van der Waals surface area (Å²) in [6.45, 7) is 11.7. The van der Waals surface area contributed by atoms with Gasteiger partial charge in [0.1, 0.15) is 0 Å². The van der Waals surface area contributed by atoms with Gasteiger partial charge in [0.2, 0.25) is 0 Å². The Hall–Kier alpha value is -2.16. The molecule has 0 radical (unpaired) electrons. The lowest BCUT2D eigenvalue weighted by Crippen LogP contribution is -2.49. The second kappa shape index (κ2) is 6.72. The highest BCUT2D eigenvalue weighted by atomic mass is 16.2. The van der Waals surface area contributed by atoms with Crippen molar-refractivity contribution in [1.82, 2.24) is 5.32 Å². The fourth-order valence-corrected chi connectivity index (χ4v) is 6.42. The van der Waals surface area contributed by atoms with E-state index in [1.165, 1.54) is 31.3 Å². The topological polar surface area (TPSA) is 46.2 Å². The number of amides is 2. The average molecular weight is 378 g/mol. The quantitative estimate of drug-likeness (QED) is 0.418. The molecule has 0 unspecified atom stereocenters. The molecule has 0 spiro atoms. The third kappa shape index (κ3) is 2.96. The molecule has 0 saturated heterocycles. The summed E-state index contributed by atoms with van der Waals surface area (Å²) < 4.78 is 0. The second-order valence-electron chi connectivity index (χ2n) is 9.83. The lowest BCUT2D eigenvalue weighted by molar-refractivity contribution is -0.114. The van der Waals surface area contributed by atoms with E-state index in [-0.39, 0.29) is 17.2 Å². The van der Waals surface area contributed by atoms with Gasteiger partial charge in [-0.05, 0) is 66.4 Å². The molecule has 3 aliphatic rings. The van der Waals surface area contributed by atoms with E-state index in [0.29, 0.717) is 28.4 Å². The standard InChI is InChI=1S/C25H31NO2/c1-16-10-13-21-24(2,3)14-7-15-25(21,4)20(16)12-11-19-17-8-5-6-9-18(17)22(27)26-23(19)28/h5-6,8-9,11,20-21H,1,7,10,12-15H2,2-4H3,(H,26,27,28)/b19-11-/t20-,21-,25+/m0/s1. The molecule has 3 nitrogen and oxygen atoms in total. The summed E-state index contributed by atoms with van der Waals surface area (Å²) in [6, 6.07) is 7.39. The highest BCUT2D eigenvalue weighted by Crippen LogP contribution is 2.61. The van der Waals surface area contributed by atoms with Crippen LogP contribution in [0.25, 0.3) is 5.57 Å². The number of hydrogen-bond donors (Lipinski definition) is 1. The summed E-state index contributed by atoms with van der Waals surface area (Å²) in [5.41, 5.74) is 3.88. The molecular weight excluding hydrogens is 346 g/mol. The maximum Gasteiger partial charge on any atom is 0.258 e. The first kappa shape index (κ1) is 19.2. The zero-order valence-electron chi connectivity index (χ0n) is 17.3. The van der Waals surface area contributed by atoms with Gasteiger partial charge in [-0.1, -0.05) is 63.6 Å². The summed E-state index contributed by atoms with van der Waals surface area (Å²) in [5, 5.41) is 2.49. The van der Waals surface area contributed by atoms with Crippen LogP contribution in [0.15, 0.2) is 42.5 Å². The van der Waals surface area contributed by atoms with Gasteiger partial charge in [0.05, 0.1) is 0 Å². The fourth-order valence-electron chi connectivity index (χ4n) is 6.42. The van der Waals surface area contributed by atoms with Crippen LogP contribution in [0.4, 0.5) is 0 Å². The number of rotatable bonds is 2. The van der Waals surface area contributed by atoms with Crippen LogP contribution in [0.2, 0.25) is 0 Å². The van der Waals surface area contributed by atoms with E-state index in [0.717, 1.165) is 18.4 Å². The van der Waals surface area contributed by atoms with E-state index in [2.05, 4.69) is 38.7 Å². The molecule has 4 rings (SSSR count). The van der Waals surface area contributed by atoms with Crippen LogP contribution in [0.1, 0.15) is 75.2 Å². The van der Waals surface area contributed by atoms with Crippen LogP contribution in [0.3, 0.4) is 0 Å². The molecule has 3 atom stereocenters. The molecule has 0 bridgehead atoms. The lowest BCUT2D eigenvalue weighted by Gasteiger charge is -2.58. The summed E-state index contributed by atoms with van der Waals surface area (Å²) in [6.07, 6.45) is 8.98. The highest BCUT2D eigenvalue weighted by Gasteiger charge is 2.52. The van der Waals surface area contributed by atoms with Crippen LogP contribution in [-0.4, -0.2) is 11.8 Å². The van der Waals surface area contributed by atoms with Crippen LogP contribution in [0.5, 0.6) is 0 Å². The van der Waals surface area contributed by atoms with Gasteiger partial charge in [0.15, 0.2) is 0 Å². The van der Waals surface area contributed by atoms with Gasteiger partial charge in [-0.2, -0.15) is 0 Å². The number of benzene rings is 1. The van der Waals surface area contributed by atoms with Crippen molar-refractivity contribution in [2.45, 2.75) is 59.3 Å². The largest absolute Gasteiger partial charge is 0.288 e. The third-order valence-electron chi connectivity index (χ3n) is 7.81. The fraction of sp³-hybridized carbons (Fsp3) is 0.520. The molecule has 2 aliphatic carbocycles. The van der Waals surface area contributed by atoms with Gasteiger partial charge >= 0.3 is 0 Å². The Morgan fingerprint density at radius 1 is 1.11 bits per heavy atom. The minimum atomic E-state index is -0.305. The van der Waals surface area contributed by atoms with Crippen molar-refractivity contribution in [2.75, 3.05) is 0 Å². The molecule has 1 aromatic rings. The van der Waals surface area contributed by atoms with Crippen molar-refractivity contribution in [3.63, 3.8) is 0 Å². The first-order chi connectivity index (χ1) is 13.2. The SMILES string of the molecule is C=C1CC[C@H]2C(C)(C)CCC[C@]2(C)[C@H]1C/C=C1\C(=O)NC(=O)c2ccccc21. The first-order valence-electron chi connectivity index (χ1n) is 10.6. The van der Waals surface area contributed by atoms with Gasteiger partial charge in [0.25, 0.3) is 11.8 Å². The Balaban J connectivity index is 1.68. The molecule has 1 aromatic carbocycles. The maximum atomic E-state index is 12.6. The van der Waals surface area contributed by atoms with Crippen molar-refractivity contribution in [1.29, 1.82) is 0 Å². The van der Waals surface area contributed by atoms with Crippen LogP contribution >= 0.6 is 0 Å². The maximum absolute atomic E-state index is 12.6. The van der Waals surface area contributed by atoms with Crippen molar-refractivity contribution < 1.29 is 9.59 Å². The summed E-state index contributed by atoms with van der Waals surface area (Å²) >= 11 is 0. The molecular formula is C25H31NO2. The minimum Gasteiger partial charge on any atom is -0.288 e. The number of allylic oxidation sites excluding steroid dienone is 2. The zero-order chi connectivity index (χ0) is 20.1. The molecule has 2 fully saturated rings. The normalized spacial score (nSPS) is 33.2. The molecule has 3 heteroatoms. The average Bonchev–Trinajstić information content (AvgIpc) is 2.62. The van der Waals surface area contributed by atoms with Crippen molar-refractivity contribution in [3.8, 4) is 0 Å². The molecule has 28 heavy (non-hydrogen) atoms. The zero-order valence-corrected chi connectivity index (χ0v) is 17.3. The number of imide groups is 1. The van der Waals surface area contributed by atoms with Crippen molar-refractivity contribution >= 4 is 17.4 Å². The van der Waals surface area contributed by atoms with E-state index in [9.17, 15) is 9.59 Å².